The van der Waals surface area contributed by atoms with Gasteiger partial charge in [0.15, 0.2) is 0 Å². The average molecular weight is 350 g/mol. The van der Waals surface area contributed by atoms with E-state index >= 15 is 0 Å². The van der Waals surface area contributed by atoms with Crippen LogP contribution in [0.3, 0.4) is 0 Å². The number of nitrogens with zero attached hydrogens (tertiary/aromatic N) is 5. The van der Waals surface area contributed by atoms with E-state index in [-0.39, 0.29) is 6.10 Å². The molecule has 0 aromatic carbocycles. The normalized spacial score (nSPS) is 25.4. The SMILES string of the molecule is Cc1nc(C)n(C[C@@H]2CCCN(C[C@@H](O)CN3CCC(C)CC3)C2)n1. The molecule has 3 heterocycles. The van der Waals surface area contributed by atoms with Crippen LogP contribution < -0.4 is 0 Å². The van der Waals surface area contributed by atoms with E-state index in [0.717, 1.165) is 63.4 Å². The van der Waals surface area contributed by atoms with Crippen molar-refractivity contribution in [3.63, 3.8) is 0 Å². The van der Waals surface area contributed by atoms with Crippen molar-refractivity contribution in [3.8, 4) is 0 Å². The lowest BCUT2D eigenvalue weighted by molar-refractivity contribution is 0.0455. The molecule has 0 unspecified atom stereocenters. The Morgan fingerprint density at radius 2 is 1.80 bits per heavy atom. The second kappa shape index (κ2) is 8.60. The number of aliphatic hydroxyl groups excluding tert-OH is 1. The van der Waals surface area contributed by atoms with Crippen molar-refractivity contribution in [2.24, 2.45) is 11.8 Å². The van der Waals surface area contributed by atoms with E-state index in [1.807, 2.05) is 13.8 Å². The Morgan fingerprint density at radius 1 is 1.08 bits per heavy atom. The van der Waals surface area contributed by atoms with Crippen LogP contribution >= 0.6 is 0 Å². The molecule has 2 atom stereocenters. The van der Waals surface area contributed by atoms with Crippen molar-refractivity contribution in [3.05, 3.63) is 11.6 Å². The number of likely N-dealkylation sites (tertiary alicyclic amines) is 2. The van der Waals surface area contributed by atoms with Gasteiger partial charge in [0.2, 0.25) is 0 Å². The second-order valence-corrected chi connectivity index (χ2v) is 8.29. The second-order valence-electron chi connectivity index (χ2n) is 8.29. The van der Waals surface area contributed by atoms with Crippen LogP contribution in [0, 0.1) is 25.7 Å². The Bertz CT molecular complexity index is 538. The summed E-state index contributed by atoms with van der Waals surface area (Å²) >= 11 is 0. The van der Waals surface area contributed by atoms with E-state index in [1.54, 1.807) is 0 Å². The lowest BCUT2D eigenvalue weighted by Crippen LogP contribution is -2.46. The highest BCUT2D eigenvalue weighted by atomic mass is 16.3. The van der Waals surface area contributed by atoms with Gasteiger partial charge in [-0.05, 0) is 71.0 Å². The van der Waals surface area contributed by atoms with Crippen LogP contribution in [0.4, 0.5) is 0 Å². The standard InChI is InChI=1S/C19H35N5O/c1-15-6-9-22(10-7-15)13-19(25)14-23-8-4-5-18(11-23)12-24-17(3)20-16(2)21-24/h15,18-19,25H,4-14H2,1-3H3/t18-,19+/m1/s1. The molecule has 2 saturated heterocycles. The Hall–Kier alpha value is -0.980. The molecule has 142 valence electrons. The van der Waals surface area contributed by atoms with Gasteiger partial charge in [-0.2, -0.15) is 5.10 Å². The summed E-state index contributed by atoms with van der Waals surface area (Å²) in [7, 11) is 0. The van der Waals surface area contributed by atoms with Crippen LogP contribution in [-0.4, -0.2) is 75.0 Å². The number of aliphatic hydroxyl groups is 1. The van der Waals surface area contributed by atoms with E-state index in [0.29, 0.717) is 5.92 Å². The van der Waals surface area contributed by atoms with E-state index in [9.17, 15) is 5.11 Å². The summed E-state index contributed by atoms with van der Waals surface area (Å²) in [6.07, 6.45) is 4.77. The fourth-order valence-electron chi connectivity index (χ4n) is 4.34. The van der Waals surface area contributed by atoms with Crippen LogP contribution in [0.5, 0.6) is 0 Å². The average Bonchev–Trinajstić information content (AvgIpc) is 2.87. The third-order valence-corrected chi connectivity index (χ3v) is 5.81. The summed E-state index contributed by atoms with van der Waals surface area (Å²) in [5, 5.41) is 15.0. The molecule has 6 nitrogen and oxygen atoms in total. The zero-order valence-corrected chi connectivity index (χ0v) is 16.2. The molecule has 6 heteroatoms. The molecular weight excluding hydrogens is 314 g/mol. The zero-order chi connectivity index (χ0) is 17.8. The summed E-state index contributed by atoms with van der Waals surface area (Å²) in [5.74, 6) is 3.32. The monoisotopic (exact) mass is 349 g/mol. The molecule has 0 aliphatic carbocycles. The zero-order valence-electron chi connectivity index (χ0n) is 16.2. The maximum Gasteiger partial charge on any atom is 0.147 e. The first-order chi connectivity index (χ1) is 12.0. The van der Waals surface area contributed by atoms with Gasteiger partial charge in [-0.1, -0.05) is 6.92 Å². The van der Waals surface area contributed by atoms with Gasteiger partial charge in [0.25, 0.3) is 0 Å². The minimum atomic E-state index is -0.234. The smallest absolute Gasteiger partial charge is 0.147 e. The van der Waals surface area contributed by atoms with Gasteiger partial charge in [-0.25, -0.2) is 9.67 Å². The Balaban J connectivity index is 1.44. The lowest BCUT2D eigenvalue weighted by Gasteiger charge is -2.36. The van der Waals surface area contributed by atoms with Crippen molar-refractivity contribution in [1.29, 1.82) is 0 Å². The highest BCUT2D eigenvalue weighted by molar-refractivity contribution is 4.88. The first kappa shape index (κ1) is 18.8. The summed E-state index contributed by atoms with van der Waals surface area (Å²) in [6, 6.07) is 0. The molecule has 2 aliphatic rings. The van der Waals surface area contributed by atoms with Gasteiger partial charge in [-0.3, -0.25) is 0 Å². The van der Waals surface area contributed by atoms with Gasteiger partial charge >= 0.3 is 0 Å². The summed E-state index contributed by atoms with van der Waals surface area (Å²) < 4.78 is 2.05. The molecule has 1 N–H and O–H groups in total. The van der Waals surface area contributed by atoms with E-state index < -0.39 is 0 Å². The fourth-order valence-corrected chi connectivity index (χ4v) is 4.34. The minimum absolute atomic E-state index is 0.234. The quantitative estimate of drug-likeness (QED) is 0.847. The fraction of sp³-hybridized carbons (Fsp3) is 0.895. The molecule has 1 aromatic heterocycles. The van der Waals surface area contributed by atoms with Crippen molar-refractivity contribution in [2.45, 2.75) is 59.1 Å². The first-order valence-corrected chi connectivity index (χ1v) is 10.0. The van der Waals surface area contributed by atoms with Gasteiger partial charge in [0.1, 0.15) is 11.6 Å². The maximum absolute atomic E-state index is 10.5. The number of aryl methyl sites for hydroxylation is 2. The largest absolute Gasteiger partial charge is 0.390 e. The summed E-state index contributed by atoms with van der Waals surface area (Å²) in [5.41, 5.74) is 0. The molecule has 2 fully saturated rings. The summed E-state index contributed by atoms with van der Waals surface area (Å²) in [4.78, 5) is 9.29. The molecule has 0 bridgehead atoms. The third-order valence-electron chi connectivity index (χ3n) is 5.81. The molecule has 25 heavy (non-hydrogen) atoms. The molecule has 0 amide bonds. The highest BCUT2D eigenvalue weighted by Crippen LogP contribution is 2.20. The highest BCUT2D eigenvalue weighted by Gasteiger charge is 2.24. The van der Waals surface area contributed by atoms with Crippen LogP contribution in [0.25, 0.3) is 0 Å². The third kappa shape index (κ3) is 5.50. The molecule has 1 aromatic rings. The topological polar surface area (TPSA) is 57.4 Å². The molecule has 0 radical (unpaired) electrons. The number of piperidine rings is 2. The lowest BCUT2D eigenvalue weighted by atomic mass is 9.97. The van der Waals surface area contributed by atoms with Crippen LogP contribution in [0.1, 0.15) is 44.3 Å². The van der Waals surface area contributed by atoms with Crippen LogP contribution in [-0.2, 0) is 6.54 Å². The number of rotatable bonds is 6. The van der Waals surface area contributed by atoms with E-state index in [4.69, 9.17) is 0 Å². The molecule has 0 saturated carbocycles. The minimum Gasteiger partial charge on any atom is -0.390 e. The Morgan fingerprint density at radius 3 is 2.48 bits per heavy atom. The van der Waals surface area contributed by atoms with Crippen molar-refractivity contribution >= 4 is 0 Å². The summed E-state index contributed by atoms with van der Waals surface area (Å²) in [6.45, 7) is 13.4. The van der Waals surface area contributed by atoms with Gasteiger partial charge in [-0.15, -0.1) is 0 Å². The molecule has 3 rings (SSSR count). The van der Waals surface area contributed by atoms with Crippen molar-refractivity contribution in [2.75, 3.05) is 39.3 Å². The molecule has 0 spiro atoms. The number of β-amino-alcohol motifs (C(OH)–C–C–N with tert-alkyl or cyclic N) is 1. The number of aromatic nitrogens is 3. The predicted octanol–water partition coefficient (Wildman–Crippen LogP) is 1.70. The first-order valence-electron chi connectivity index (χ1n) is 10.0. The van der Waals surface area contributed by atoms with Crippen LogP contribution in [0.15, 0.2) is 0 Å². The molecule has 2 aliphatic heterocycles. The molecular formula is C19H35N5O. The van der Waals surface area contributed by atoms with E-state index in [1.165, 1.54) is 25.7 Å². The maximum atomic E-state index is 10.5. The number of hydrogen-bond acceptors (Lipinski definition) is 5. The van der Waals surface area contributed by atoms with Gasteiger partial charge in [0, 0.05) is 26.2 Å². The number of hydrogen-bond donors (Lipinski definition) is 1. The van der Waals surface area contributed by atoms with Gasteiger partial charge in [0.05, 0.1) is 6.10 Å². The van der Waals surface area contributed by atoms with Crippen molar-refractivity contribution in [1.82, 2.24) is 24.6 Å². The van der Waals surface area contributed by atoms with E-state index in [2.05, 4.69) is 31.5 Å². The Kier molecular flexibility index (Phi) is 6.47. The van der Waals surface area contributed by atoms with Gasteiger partial charge < -0.3 is 14.9 Å². The van der Waals surface area contributed by atoms with Crippen LogP contribution in [0.2, 0.25) is 0 Å². The van der Waals surface area contributed by atoms with Crippen molar-refractivity contribution < 1.29 is 5.11 Å². The predicted molar refractivity (Wildman–Crippen MR) is 99.5 cm³/mol. The Labute approximate surface area is 152 Å².